The van der Waals surface area contributed by atoms with Gasteiger partial charge in [0, 0.05) is 20.2 Å². The first-order valence-electron chi connectivity index (χ1n) is 13.0. The second kappa shape index (κ2) is 8.30. The highest BCUT2D eigenvalue weighted by molar-refractivity contribution is 7.25. The molecule has 0 aliphatic carbocycles. The fourth-order valence-electron chi connectivity index (χ4n) is 6.42. The predicted octanol–water partition coefficient (Wildman–Crippen LogP) is 10.9. The van der Waals surface area contributed by atoms with Gasteiger partial charge in [-0.2, -0.15) is 0 Å². The van der Waals surface area contributed by atoms with Gasteiger partial charge in [0.2, 0.25) is 0 Å². The van der Waals surface area contributed by atoms with E-state index in [4.69, 9.17) is 0 Å². The zero-order chi connectivity index (χ0) is 25.3. The Morgan fingerprint density at radius 2 is 1.03 bits per heavy atom. The first-order valence-corrected chi connectivity index (χ1v) is 13.8. The molecular formula is C36H28S. The van der Waals surface area contributed by atoms with E-state index in [1.165, 1.54) is 86.2 Å². The molecule has 7 aromatic rings. The van der Waals surface area contributed by atoms with Crippen molar-refractivity contribution in [3.63, 3.8) is 0 Å². The summed E-state index contributed by atoms with van der Waals surface area (Å²) < 4.78 is 2.71. The average molecular weight is 493 g/mol. The Balaban J connectivity index is 1.71. The summed E-state index contributed by atoms with van der Waals surface area (Å²) in [5, 5.41) is 8.03. The average Bonchev–Trinajstić information content (AvgIpc) is 3.30. The lowest BCUT2D eigenvalue weighted by Gasteiger charge is -2.23. The third-order valence-corrected chi connectivity index (χ3v) is 9.25. The Morgan fingerprint density at radius 3 is 1.84 bits per heavy atom. The summed E-state index contributed by atoms with van der Waals surface area (Å²) in [5.74, 6) is 0. The summed E-state index contributed by atoms with van der Waals surface area (Å²) in [5.41, 5.74) is 10.9. The molecule has 1 heteroatoms. The molecule has 178 valence electrons. The largest absolute Gasteiger partial charge is 0.135 e. The Morgan fingerprint density at radius 1 is 0.405 bits per heavy atom. The third-order valence-electron chi connectivity index (χ3n) is 8.11. The van der Waals surface area contributed by atoms with Crippen molar-refractivity contribution in [2.24, 2.45) is 0 Å². The van der Waals surface area contributed by atoms with E-state index in [2.05, 4.69) is 125 Å². The van der Waals surface area contributed by atoms with Crippen LogP contribution in [0.4, 0.5) is 0 Å². The molecule has 0 fully saturated rings. The van der Waals surface area contributed by atoms with Gasteiger partial charge in [0.1, 0.15) is 0 Å². The van der Waals surface area contributed by atoms with Crippen LogP contribution in [-0.2, 0) is 0 Å². The quantitative estimate of drug-likeness (QED) is 0.225. The summed E-state index contributed by atoms with van der Waals surface area (Å²) in [7, 11) is 0. The van der Waals surface area contributed by atoms with Crippen molar-refractivity contribution in [1.29, 1.82) is 0 Å². The zero-order valence-corrected chi connectivity index (χ0v) is 22.5. The van der Waals surface area contributed by atoms with Crippen LogP contribution in [0.5, 0.6) is 0 Å². The standard InChI is InChI=1S/C36H28S/c1-21-17-19-25-11-5-6-13-27(25)32(21)35-24(4)34(23(3)26-12-7-8-14-28(26)35)33-22(2)18-20-31-36(33)29-15-9-10-16-30(29)37-31/h5-20H,1-4H3. The summed E-state index contributed by atoms with van der Waals surface area (Å²) in [6.45, 7) is 9.20. The minimum absolute atomic E-state index is 1.29. The lowest BCUT2D eigenvalue weighted by molar-refractivity contribution is 1.39. The van der Waals surface area contributed by atoms with Crippen LogP contribution in [0.1, 0.15) is 22.3 Å². The second-order valence-corrected chi connectivity index (χ2v) is 11.3. The topological polar surface area (TPSA) is 0 Å². The van der Waals surface area contributed by atoms with E-state index in [9.17, 15) is 0 Å². The number of aryl methyl sites for hydroxylation is 3. The molecule has 6 aromatic carbocycles. The van der Waals surface area contributed by atoms with Crippen LogP contribution in [-0.4, -0.2) is 0 Å². The number of thiophene rings is 1. The maximum atomic E-state index is 2.35. The van der Waals surface area contributed by atoms with E-state index in [1.54, 1.807) is 0 Å². The molecule has 0 aliphatic heterocycles. The molecule has 0 spiro atoms. The smallest absolute Gasteiger partial charge is 0.0361 e. The highest BCUT2D eigenvalue weighted by atomic mass is 32.1. The Hall–Kier alpha value is -3.94. The molecule has 1 heterocycles. The van der Waals surface area contributed by atoms with Crippen molar-refractivity contribution in [2.75, 3.05) is 0 Å². The maximum absolute atomic E-state index is 2.35. The van der Waals surface area contributed by atoms with Crippen LogP contribution in [0.25, 0.3) is 64.0 Å². The number of hydrogen-bond donors (Lipinski definition) is 0. The third kappa shape index (κ3) is 3.21. The highest BCUT2D eigenvalue weighted by Crippen LogP contribution is 2.48. The van der Waals surface area contributed by atoms with E-state index in [0.29, 0.717) is 0 Å². The molecule has 1 aromatic heterocycles. The van der Waals surface area contributed by atoms with Crippen molar-refractivity contribution >= 4 is 53.1 Å². The number of benzene rings is 6. The summed E-state index contributed by atoms with van der Waals surface area (Å²) >= 11 is 1.90. The van der Waals surface area contributed by atoms with Crippen LogP contribution in [0.3, 0.4) is 0 Å². The number of fused-ring (bicyclic) bond motifs is 5. The minimum atomic E-state index is 1.29. The Bertz CT molecular complexity index is 2020. The molecule has 0 unspecified atom stereocenters. The number of hydrogen-bond acceptors (Lipinski definition) is 1. The Kier molecular flexibility index (Phi) is 4.99. The molecule has 0 saturated carbocycles. The minimum Gasteiger partial charge on any atom is -0.135 e. The lowest BCUT2D eigenvalue weighted by Crippen LogP contribution is -1.99. The number of rotatable bonds is 2. The van der Waals surface area contributed by atoms with Gasteiger partial charge in [-0.15, -0.1) is 11.3 Å². The molecular weight excluding hydrogens is 464 g/mol. The van der Waals surface area contributed by atoms with Gasteiger partial charge >= 0.3 is 0 Å². The van der Waals surface area contributed by atoms with Crippen LogP contribution < -0.4 is 0 Å². The van der Waals surface area contributed by atoms with Crippen LogP contribution in [0.15, 0.2) is 97.1 Å². The van der Waals surface area contributed by atoms with E-state index in [1.807, 2.05) is 11.3 Å². The van der Waals surface area contributed by atoms with Crippen molar-refractivity contribution in [3.05, 3.63) is 119 Å². The van der Waals surface area contributed by atoms with Gasteiger partial charge in [-0.25, -0.2) is 0 Å². The summed E-state index contributed by atoms with van der Waals surface area (Å²) in [4.78, 5) is 0. The van der Waals surface area contributed by atoms with Crippen LogP contribution in [0, 0.1) is 27.7 Å². The normalized spacial score (nSPS) is 11.8. The first kappa shape index (κ1) is 22.3. The summed E-state index contributed by atoms with van der Waals surface area (Å²) in [6, 6.07) is 35.8. The molecule has 37 heavy (non-hydrogen) atoms. The molecule has 0 nitrogen and oxygen atoms in total. The molecule has 0 radical (unpaired) electrons. The predicted molar refractivity (Wildman–Crippen MR) is 164 cm³/mol. The van der Waals surface area contributed by atoms with Crippen molar-refractivity contribution in [2.45, 2.75) is 27.7 Å². The monoisotopic (exact) mass is 492 g/mol. The SMILES string of the molecule is Cc1ccc2ccccc2c1-c1c(C)c(-c2c(C)ccc3sc4ccccc4c23)c(C)c2ccccc12. The maximum Gasteiger partial charge on any atom is 0.0361 e. The highest BCUT2D eigenvalue weighted by Gasteiger charge is 2.23. The Labute approximate surface area is 221 Å². The van der Waals surface area contributed by atoms with Crippen molar-refractivity contribution in [1.82, 2.24) is 0 Å². The lowest BCUT2D eigenvalue weighted by atomic mass is 9.80. The molecule has 0 amide bonds. The summed E-state index contributed by atoms with van der Waals surface area (Å²) in [6.07, 6.45) is 0. The molecule has 0 N–H and O–H groups in total. The van der Waals surface area contributed by atoms with Gasteiger partial charge in [-0.05, 0) is 106 Å². The van der Waals surface area contributed by atoms with Gasteiger partial charge in [0.15, 0.2) is 0 Å². The van der Waals surface area contributed by atoms with Crippen LogP contribution >= 0.6 is 11.3 Å². The molecule has 7 rings (SSSR count). The van der Waals surface area contributed by atoms with Crippen LogP contribution in [0.2, 0.25) is 0 Å². The van der Waals surface area contributed by atoms with Crippen molar-refractivity contribution < 1.29 is 0 Å². The molecule has 0 atom stereocenters. The van der Waals surface area contributed by atoms with E-state index < -0.39 is 0 Å². The van der Waals surface area contributed by atoms with Gasteiger partial charge in [0.05, 0.1) is 0 Å². The molecule has 0 bridgehead atoms. The van der Waals surface area contributed by atoms with Gasteiger partial charge in [-0.1, -0.05) is 84.9 Å². The van der Waals surface area contributed by atoms with E-state index in [0.717, 1.165) is 0 Å². The van der Waals surface area contributed by atoms with Crippen molar-refractivity contribution in [3.8, 4) is 22.3 Å². The molecule has 0 saturated heterocycles. The fourth-order valence-corrected chi connectivity index (χ4v) is 7.54. The van der Waals surface area contributed by atoms with E-state index >= 15 is 0 Å². The fraction of sp³-hybridized carbons (Fsp3) is 0.111. The van der Waals surface area contributed by atoms with Gasteiger partial charge in [0.25, 0.3) is 0 Å². The first-order chi connectivity index (χ1) is 18.0. The second-order valence-electron chi connectivity index (χ2n) is 10.3. The zero-order valence-electron chi connectivity index (χ0n) is 21.6. The van der Waals surface area contributed by atoms with E-state index in [-0.39, 0.29) is 0 Å². The van der Waals surface area contributed by atoms with Gasteiger partial charge in [-0.3, -0.25) is 0 Å². The molecule has 0 aliphatic rings. The van der Waals surface area contributed by atoms with Gasteiger partial charge < -0.3 is 0 Å².